The van der Waals surface area contributed by atoms with Gasteiger partial charge in [0.15, 0.2) is 0 Å². The Morgan fingerprint density at radius 1 is 1.29 bits per heavy atom. The molecule has 164 valence electrons. The molecule has 0 bridgehead atoms. The second-order valence-corrected chi connectivity index (χ2v) is 9.82. The van der Waals surface area contributed by atoms with E-state index in [1.54, 1.807) is 38.1 Å². The standard InChI is InChI=1S/C22H26N4O4S/c1-22(14-23,15-25(2)3)24-21(27)18-13-17(9-10-20(18)30-4)31(28,29)26-12-11-16-7-5-6-8-19(16)26/h5-10,13H,11-12,15H2,1-4H3,(H,24,27)/t22-/m1/s1. The topological polar surface area (TPSA) is 103 Å². The molecule has 0 aliphatic carbocycles. The largest absolute Gasteiger partial charge is 0.496 e. The normalized spacial score (nSPS) is 15.2. The molecule has 8 nitrogen and oxygen atoms in total. The van der Waals surface area contributed by atoms with Crippen molar-refractivity contribution in [3.63, 3.8) is 0 Å². The number of nitrogens with one attached hydrogen (secondary N) is 1. The van der Waals surface area contributed by atoms with Crippen LogP contribution in [0.25, 0.3) is 0 Å². The molecule has 1 aliphatic rings. The monoisotopic (exact) mass is 442 g/mol. The number of carbonyl (C=O) groups is 1. The van der Waals surface area contributed by atoms with Gasteiger partial charge in [-0.15, -0.1) is 0 Å². The Labute approximate surface area is 183 Å². The minimum Gasteiger partial charge on any atom is -0.496 e. The van der Waals surface area contributed by atoms with Gasteiger partial charge in [0, 0.05) is 13.1 Å². The van der Waals surface area contributed by atoms with Gasteiger partial charge in [-0.05, 0) is 57.3 Å². The molecule has 0 radical (unpaired) electrons. The first-order valence-electron chi connectivity index (χ1n) is 9.78. The Kier molecular flexibility index (Phi) is 6.25. The van der Waals surface area contributed by atoms with Crippen LogP contribution < -0.4 is 14.4 Å². The molecule has 3 rings (SSSR count). The number of benzene rings is 2. The van der Waals surface area contributed by atoms with Crippen LogP contribution in [0, 0.1) is 11.3 Å². The molecule has 0 fully saturated rings. The second-order valence-electron chi connectivity index (χ2n) is 7.95. The molecule has 9 heteroatoms. The molecule has 1 heterocycles. The Hall–Kier alpha value is -3.09. The number of likely N-dealkylation sites (N-methyl/N-ethyl adjacent to an activating group) is 1. The highest BCUT2D eigenvalue weighted by atomic mass is 32.2. The maximum absolute atomic E-state index is 13.4. The van der Waals surface area contributed by atoms with Crippen molar-refractivity contribution in [2.75, 3.05) is 38.6 Å². The summed E-state index contributed by atoms with van der Waals surface area (Å²) in [7, 11) is 1.12. The fraction of sp³-hybridized carbons (Fsp3) is 0.364. The highest BCUT2D eigenvalue weighted by Crippen LogP contribution is 2.34. The number of hydrogen-bond acceptors (Lipinski definition) is 6. The van der Waals surface area contributed by atoms with Crippen LogP contribution in [0.1, 0.15) is 22.8 Å². The SMILES string of the molecule is COc1ccc(S(=O)(=O)N2CCc3ccccc32)cc1C(=O)N[C@](C)(C#N)CN(C)C. The van der Waals surface area contributed by atoms with Gasteiger partial charge in [0.1, 0.15) is 11.3 Å². The summed E-state index contributed by atoms with van der Waals surface area (Å²) in [4.78, 5) is 14.8. The van der Waals surface area contributed by atoms with E-state index in [0.29, 0.717) is 25.2 Å². The van der Waals surface area contributed by atoms with Crippen molar-refractivity contribution in [2.45, 2.75) is 23.8 Å². The van der Waals surface area contributed by atoms with Crippen LogP contribution in [0.3, 0.4) is 0 Å². The Morgan fingerprint density at radius 2 is 2.00 bits per heavy atom. The summed E-state index contributed by atoms with van der Waals surface area (Å²) in [5.41, 5.74) is 0.503. The summed E-state index contributed by atoms with van der Waals surface area (Å²) in [6.07, 6.45) is 0.629. The summed E-state index contributed by atoms with van der Waals surface area (Å²) in [5, 5.41) is 12.3. The number of para-hydroxylation sites is 1. The van der Waals surface area contributed by atoms with E-state index < -0.39 is 21.5 Å². The number of nitrogens with zero attached hydrogens (tertiary/aromatic N) is 3. The number of rotatable bonds is 7. The number of amides is 1. The highest BCUT2D eigenvalue weighted by molar-refractivity contribution is 7.92. The number of sulfonamides is 1. The van der Waals surface area contributed by atoms with E-state index in [1.165, 1.54) is 29.6 Å². The van der Waals surface area contributed by atoms with Gasteiger partial charge in [-0.25, -0.2) is 8.42 Å². The summed E-state index contributed by atoms with van der Waals surface area (Å²) < 4.78 is 33.3. The third-order valence-corrected chi connectivity index (χ3v) is 6.93. The first kappa shape index (κ1) is 22.6. The number of fused-ring (bicyclic) bond motifs is 1. The average molecular weight is 443 g/mol. The van der Waals surface area contributed by atoms with Crippen molar-refractivity contribution in [1.82, 2.24) is 10.2 Å². The predicted octanol–water partition coefficient (Wildman–Crippen LogP) is 2.02. The van der Waals surface area contributed by atoms with Gasteiger partial charge in [-0.3, -0.25) is 9.10 Å². The zero-order valence-electron chi connectivity index (χ0n) is 18.0. The summed E-state index contributed by atoms with van der Waals surface area (Å²) >= 11 is 0. The molecule has 31 heavy (non-hydrogen) atoms. The molecule has 0 saturated heterocycles. The first-order valence-corrected chi connectivity index (χ1v) is 11.2. The maximum atomic E-state index is 13.4. The quantitative estimate of drug-likeness (QED) is 0.704. The third-order valence-electron chi connectivity index (χ3n) is 5.12. The van der Waals surface area contributed by atoms with Crippen LogP contribution in [-0.2, 0) is 16.4 Å². The zero-order valence-corrected chi connectivity index (χ0v) is 18.9. The zero-order chi connectivity index (χ0) is 22.8. The van der Waals surface area contributed by atoms with E-state index in [0.717, 1.165) is 5.56 Å². The molecular formula is C22H26N4O4S. The Balaban J connectivity index is 1.98. The van der Waals surface area contributed by atoms with E-state index in [2.05, 4.69) is 11.4 Å². The molecule has 1 amide bonds. The summed E-state index contributed by atoms with van der Waals surface area (Å²) in [5.74, 6) is -0.356. The molecule has 0 unspecified atom stereocenters. The van der Waals surface area contributed by atoms with E-state index in [4.69, 9.17) is 4.74 Å². The van der Waals surface area contributed by atoms with Gasteiger partial charge in [-0.1, -0.05) is 18.2 Å². The highest BCUT2D eigenvalue weighted by Gasteiger charge is 2.33. The van der Waals surface area contributed by atoms with Crippen LogP contribution in [0.4, 0.5) is 5.69 Å². The van der Waals surface area contributed by atoms with Gasteiger partial charge in [0.05, 0.1) is 29.3 Å². The smallest absolute Gasteiger partial charge is 0.264 e. The van der Waals surface area contributed by atoms with Gasteiger partial charge in [0.2, 0.25) is 0 Å². The lowest BCUT2D eigenvalue weighted by Gasteiger charge is -2.27. The number of nitriles is 1. The lowest BCUT2D eigenvalue weighted by atomic mass is 10.0. The third kappa shape index (κ3) is 4.50. The number of anilines is 1. The fourth-order valence-electron chi connectivity index (χ4n) is 3.76. The number of methoxy groups -OCH3 is 1. The van der Waals surface area contributed by atoms with Crippen LogP contribution in [0.15, 0.2) is 47.4 Å². The maximum Gasteiger partial charge on any atom is 0.264 e. The first-order chi connectivity index (χ1) is 14.6. The van der Waals surface area contributed by atoms with Crippen LogP contribution in [0.2, 0.25) is 0 Å². The van der Waals surface area contributed by atoms with Crippen molar-refractivity contribution >= 4 is 21.6 Å². The van der Waals surface area contributed by atoms with Crippen molar-refractivity contribution in [2.24, 2.45) is 0 Å². The van der Waals surface area contributed by atoms with Crippen LogP contribution in [0.5, 0.6) is 5.75 Å². The van der Waals surface area contributed by atoms with Gasteiger partial charge in [-0.2, -0.15) is 5.26 Å². The van der Waals surface area contributed by atoms with Gasteiger partial charge < -0.3 is 15.0 Å². The number of hydrogen-bond donors (Lipinski definition) is 1. The lowest BCUT2D eigenvalue weighted by molar-refractivity contribution is 0.0911. The van der Waals surface area contributed by atoms with Crippen molar-refractivity contribution in [3.05, 3.63) is 53.6 Å². The molecule has 0 aromatic heterocycles. The molecular weight excluding hydrogens is 416 g/mol. The van der Waals surface area contributed by atoms with Crippen LogP contribution >= 0.6 is 0 Å². The molecule has 0 saturated carbocycles. The Bertz CT molecular complexity index is 1140. The number of ether oxygens (including phenoxy) is 1. The van der Waals surface area contributed by atoms with Gasteiger partial charge in [0.25, 0.3) is 15.9 Å². The van der Waals surface area contributed by atoms with Crippen molar-refractivity contribution in [1.29, 1.82) is 5.26 Å². The summed E-state index contributed by atoms with van der Waals surface area (Å²) in [6, 6.07) is 13.7. The fourth-order valence-corrected chi connectivity index (χ4v) is 5.29. The average Bonchev–Trinajstić information content (AvgIpc) is 3.17. The molecule has 2 aromatic rings. The molecule has 1 atom stereocenters. The van der Waals surface area contributed by atoms with Crippen LogP contribution in [-0.4, -0.2) is 59.1 Å². The molecule has 0 spiro atoms. The molecule has 1 aliphatic heterocycles. The van der Waals surface area contributed by atoms with E-state index >= 15 is 0 Å². The molecule has 2 aromatic carbocycles. The van der Waals surface area contributed by atoms with E-state index in [9.17, 15) is 18.5 Å². The van der Waals surface area contributed by atoms with E-state index in [-0.39, 0.29) is 16.2 Å². The minimum atomic E-state index is -3.88. The molecule has 1 N–H and O–H groups in total. The number of carbonyl (C=O) groups excluding carboxylic acids is 1. The minimum absolute atomic E-state index is 0.0126. The van der Waals surface area contributed by atoms with E-state index in [1.807, 2.05) is 12.1 Å². The van der Waals surface area contributed by atoms with Crippen molar-refractivity contribution in [3.8, 4) is 11.8 Å². The summed E-state index contributed by atoms with van der Waals surface area (Å²) in [6.45, 7) is 2.24. The lowest BCUT2D eigenvalue weighted by Crippen LogP contribution is -2.51. The Morgan fingerprint density at radius 3 is 2.65 bits per heavy atom. The predicted molar refractivity (Wildman–Crippen MR) is 118 cm³/mol. The second kappa shape index (κ2) is 8.57. The van der Waals surface area contributed by atoms with Gasteiger partial charge >= 0.3 is 0 Å². The van der Waals surface area contributed by atoms with Crippen molar-refractivity contribution < 1.29 is 17.9 Å².